The minimum atomic E-state index is -3.68. The molecule has 1 aliphatic rings. The summed E-state index contributed by atoms with van der Waals surface area (Å²) in [5.41, 5.74) is -0.1000. The molecule has 1 fully saturated rings. The van der Waals surface area contributed by atoms with Gasteiger partial charge in [0.15, 0.2) is 11.6 Å². The van der Waals surface area contributed by atoms with Crippen LogP contribution in [0.4, 0.5) is 0 Å². The Hall–Kier alpha value is -2.35. The lowest BCUT2D eigenvalue weighted by Crippen LogP contribution is -2.53. The second-order valence-corrected chi connectivity index (χ2v) is 11.1. The first-order chi connectivity index (χ1) is 15.0. The van der Waals surface area contributed by atoms with Crippen molar-refractivity contribution in [3.63, 3.8) is 0 Å². The average molecular weight is 457 g/mol. The summed E-state index contributed by atoms with van der Waals surface area (Å²) in [6.07, 6.45) is 0.609. The molecule has 0 saturated heterocycles. The summed E-state index contributed by atoms with van der Waals surface area (Å²) in [7, 11) is -3.68. The third-order valence-corrected chi connectivity index (χ3v) is 7.35. The summed E-state index contributed by atoms with van der Waals surface area (Å²) < 4.78 is 28.4. The molecule has 0 radical (unpaired) electrons. The average Bonchev–Trinajstić information content (AvgIpc) is 3.42. The van der Waals surface area contributed by atoms with Gasteiger partial charge in [-0.05, 0) is 43.9 Å². The van der Waals surface area contributed by atoms with E-state index in [-0.39, 0.29) is 34.8 Å². The first kappa shape index (κ1) is 24.3. The van der Waals surface area contributed by atoms with Gasteiger partial charge in [0.1, 0.15) is 0 Å². The van der Waals surface area contributed by atoms with Crippen molar-refractivity contribution in [1.82, 2.24) is 10.0 Å². The number of carbonyl (C=O) groups excluding carboxylic acids is 2. The Morgan fingerprint density at radius 1 is 1.00 bits per heavy atom. The van der Waals surface area contributed by atoms with Crippen LogP contribution in [-0.2, 0) is 19.6 Å². The monoisotopic (exact) mass is 456 g/mol. The molecule has 2 aromatic rings. The van der Waals surface area contributed by atoms with Crippen LogP contribution in [-0.4, -0.2) is 38.1 Å². The number of carbonyl (C=O) groups is 2. The van der Waals surface area contributed by atoms with Gasteiger partial charge in [-0.25, -0.2) is 13.1 Å². The molecule has 0 aromatic heterocycles. The Morgan fingerprint density at radius 3 is 2.12 bits per heavy atom. The maximum absolute atomic E-state index is 13.1. The van der Waals surface area contributed by atoms with Crippen LogP contribution in [0.2, 0.25) is 0 Å². The third-order valence-electron chi connectivity index (χ3n) is 5.82. The summed E-state index contributed by atoms with van der Waals surface area (Å²) in [6, 6.07) is 17.2. The Kier molecular flexibility index (Phi) is 7.32. The van der Waals surface area contributed by atoms with Crippen LogP contribution in [0.5, 0.6) is 0 Å². The van der Waals surface area contributed by atoms with Crippen molar-refractivity contribution in [1.29, 1.82) is 0 Å². The van der Waals surface area contributed by atoms with E-state index in [1.54, 1.807) is 44.2 Å². The van der Waals surface area contributed by atoms with E-state index in [1.807, 2.05) is 44.2 Å². The molecule has 0 spiro atoms. The van der Waals surface area contributed by atoms with E-state index in [9.17, 15) is 18.0 Å². The molecule has 32 heavy (non-hydrogen) atoms. The molecule has 1 saturated carbocycles. The van der Waals surface area contributed by atoms with Crippen LogP contribution >= 0.6 is 0 Å². The number of ketones is 2. The Labute approximate surface area is 190 Å². The standard InChI is InChI=1S/C25H32N2O4S/c1-17(2)15-19(27-32(30,31)20-13-9-6-10-14-20)16-26-25(3,4)24(29)22-21(23(22)28)18-11-7-5-8-12-18/h5-14,17,19,21-22,26-27H,15-16H2,1-4H3/t19-,21?,22?/m1/s1. The molecule has 3 atom stereocenters. The number of Topliss-reactive ketones (excluding diaryl/α,β-unsaturated/α-hetero) is 2. The van der Waals surface area contributed by atoms with Crippen LogP contribution in [0.25, 0.3) is 0 Å². The van der Waals surface area contributed by atoms with Gasteiger partial charge in [0, 0.05) is 12.6 Å². The van der Waals surface area contributed by atoms with Gasteiger partial charge in [-0.3, -0.25) is 9.59 Å². The molecule has 6 nitrogen and oxygen atoms in total. The SMILES string of the molecule is CC(C)C[C@H](CNC(C)(C)C(=O)C1C(=O)C1c1ccccc1)NS(=O)(=O)c1ccccc1. The van der Waals surface area contributed by atoms with Crippen molar-refractivity contribution in [2.45, 2.75) is 56.5 Å². The van der Waals surface area contributed by atoms with E-state index in [4.69, 9.17) is 0 Å². The van der Waals surface area contributed by atoms with Crippen molar-refractivity contribution >= 4 is 21.6 Å². The van der Waals surface area contributed by atoms with Crippen molar-refractivity contribution in [2.24, 2.45) is 11.8 Å². The Balaban J connectivity index is 1.67. The lowest BCUT2D eigenvalue weighted by molar-refractivity contribution is -0.127. The van der Waals surface area contributed by atoms with Crippen LogP contribution in [0, 0.1) is 11.8 Å². The van der Waals surface area contributed by atoms with Gasteiger partial charge in [0.2, 0.25) is 10.0 Å². The Bertz CT molecular complexity index is 1050. The van der Waals surface area contributed by atoms with E-state index >= 15 is 0 Å². The summed E-state index contributed by atoms with van der Waals surface area (Å²) in [5, 5.41) is 3.22. The minimum Gasteiger partial charge on any atom is -0.304 e. The van der Waals surface area contributed by atoms with E-state index in [2.05, 4.69) is 10.0 Å². The number of nitrogens with one attached hydrogen (secondary N) is 2. The van der Waals surface area contributed by atoms with E-state index in [0.29, 0.717) is 6.42 Å². The molecule has 0 aliphatic heterocycles. The van der Waals surface area contributed by atoms with Crippen LogP contribution in [0.3, 0.4) is 0 Å². The van der Waals surface area contributed by atoms with E-state index < -0.39 is 27.5 Å². The van der Waals surface area contributed by atoms with Gasteiger partial charge in [0.25, 0.3) is 0 Å². The molecular formula is C25H32N2O4S. The quantitative estimate of drug-likeness (QED) is 0.506. The number of rotatable bonds is 11. The molecule has 7 heteroatoms. The highest BCUT2D eigenvalue weighted by Gasteiger charge is 2.57. The molecule has 3 rings (SSSR count). The lowest BCUT2D eigenvalue weighted by Gasteiger charge is -2.29. The lowest BCUT2D eigenvalue weighted by atomic mass is 9.92. The van der Waals surface area contributed by atoms with Crippen molar-refractivity contribution in [2.75, 3.05) is 6.54 Å². The fourth-order valence-electron chi connectivity index (χ4n) is 4.02. The largest absolute Gasteiger partial charge is 0.304 e. The van der Waals surface area contributed by atoms with Crippen LogP contribution < -0.4 is 10.0 Å². The van der Waals surface area contributed by atoms with Crippen LogP contribution in [0.1, 0.15) is 45.6 Å². The first-order valence-corrected chi connectivity index (χ1v) is 12.5. The molecule has 172 valence electrons. The molecule has 0 amide bonds. The summed E-state index contributed by atoms with van der Waals surface area (Å²) in [4.78, 5) is 25.7. The maximum atomic E-state index is 13.1. The maximum Gasteiger partial charge on any atom is 0.240 e. The topological polar surface area (TPSA) is 92.3 Å². The van der Waals surface area contributed by atoms with Gasteiger partial charge in [-0.1, -0.05) is 62.4 Å². The van der Waals surface area contributed by atoms with Crippen molar-refractivity contribution < 1.29 is 18.0 Å². The third kappa shape index (κ3) is 5.71. The van der Waals surface area contributed by atoms with Crippen molar-refractivity contribution in [3.8, 4) is 0 Å². The number of hydrogen-bond acceptors (Lipinski definition) is 5. The zero-order valence-corrected chi connectivity index (χ0v) is 19.9. The van der Waals surface area contributed by atoms with Crippen LogP contribution in [0.15, 0.2) is 65.6 Å². The van der Waals surface area contributed by atoms with Crippen molar-refractivity contribution in [3.05, 3.63) is 66.2 Å². The predicted octanol–water partition coefficient (Wildman–Crippen LogP) is 3.30. The van der Waals surface area contributed by atoms with Gasteiger partial charge < -0.3 is 5.32 Å². The molecule has 0 bridgehead atoms. The zero-order valence-electron chi connectivity index (χ0n) is 19.0. The number of sulfonamides is 1. The van der Waals surface area contributed by atoms with Gasteiger partial charge >= 0.3 is 0 Å². The fraction of sp³-hybridized carbons (Fsp3) is 0.440. The highest BCUT2D eigenvalue weighted by Crippen LogP contribution is 2.45. The number of benzene rings is 2. The molecule has 1 aliphatic carbocycles. The highest BCUT2D eigenvalue weighted by molar-refractivity contribution is 7.89. The minimum absolute atomic E-state index is 0.0559. The summed E-state index contributed by atoms with van der Waals surface area (Å²) in [5.74, 6) is -0.992. The molecule has 2 unspecified atom stereocenters. The summed E-state index contributed by atoms with van der Waals surface area (Å²) in [6.45, 7) is 7.82. The van der Waals surface area contributed by atoms with Gasteiger partial charge in [-0.2, -0.15) is 0 Å². The molecular weight excluding hydrogens is 424 g/mol. The van der Waals surface area contributed by atoms with Gasteiger partial charge in [-0.15, -0.1) is 0 Å². The fourth-order valence-corrected chi connectivity index (χ4v) is 5.29. The normalized spacial score (nSPS) is 19.7. The van der Waals surface area contributed by atoms with E-state index in [1.165, 1.54) is 0 Å². The zero-order chi connectivity index (χ0) is 23.5. The van der Waals surface area contributed by atoms with Gasteiger partial charge in [0.05, 0.1) is 22.3 Å². The number of hydrogen-bond donors (Lipinski definition) is 2. The molecule has 2 N–H and O–H groups in total. The highest BCUT2D eigenvalue weighted by atomic mass is 32.2. The smallest absolute Gasteiger partial charge is 0.240 e. The molecule has 0 heterocycles. The Morgan fingerprint density at radius 2 is 1.56 bits per heavy atom. The predicted molar refractivity (Wildman–Crippen MR) is 125 cm³/mol. The molecule has 2 aromatic carbocycles. The second kappa shape index (κ2) is 9.65. The van der Waals surface area contributed by atoms with E-state index in [0.717, 1.165) is 5.56 Å². The second-order valence-electron chi connectivity index (χ2n) is 9.40. The first-order valence-electron chi connectivity index (χ1n) is 11.0. The summed E-state index contributed by atoms with van der Waals surface area (Å²) >= 11 is 0.